The van der Waals surface area contributed by atoms with E-state index in [2.05, 4.69) is 41.5 Å². The summed E-state index contributed by atoms with van der Waals surface area (Å²) in [6, 6.07) is 1.73. The summed E-state index contributed by atoms with van der Waals surface area (Å²) in [6.45, 7) is 8.21. The highest BCUT2D eigenvalue weighted by Gasteiger charge is 2.45. The highest BCUT2D eigenvalue weighted by Crippen LogP contribution is 2.49. The number of hydrogen-bond donors (Lipinski definition) is 0. The summed E-state index contributed by atoms with van der Waals surface area (Å²) in [5.74, 6) is 0. The summed E-state index contributed by atoms with van der Waals surface area (Å²) in [5.41, 5.74) is 0. The molecule has 0 bridgehead atoms. The number of hydrogen-bond acceptors (Lipinski definition) is 0. The van der Waals surface area contributed by atoms with Gasteiger partial charge in [0.2, 0.25) is 0 Å². The third-order valence-corrected chi connectivity index (χ3v) is 18.6. The lowest BCUT2D eigenvalue weighted by atomic mass is 10.2. The molecule has 0 aliphatic carbocycles. The minimum absolute atomic E-state index is 0.000679. The molecule has 0 radical (unpaired) electrons. The van der Waals surface area contributed by atoms with Crippen LogP contribution in [0.4, 0.5) is 0 Å². The Hall–Kier alpha value is 1.59. The monoisotopic (exact) mass is 352 g/mol. The fourth-order valence-corrected chi connectivity index (χ4v) is 5.98. The first-order chi connectivity index (χ1) is 7.21. The van der Waals surface area contributed by atoms with Crippen LogP contribution in [0.2, 0.25) is 22.2 Å². The van der Waals surface area contributed by atoms with Crippen molar-refractivity contribution in [2.24, 2.45) is 0 Å². The molecule has 0 aliphatic rings. The van der Waals surface area contributed by atoms with Crippen LogP contribution in [0.25, 0.3) is 0 Å². The van der Waals surface area contributed by atoms with Crippen molar-refractivity contribution >= 4 is 57.7 Å². The second-order valence-electron chi connectivity index (χ2n) is 6.76. The van der Waals surface area contributed by atoms with Gasteiger partial charge < -0.3 is 0 Å². The Bertz CT molecular complexity index is 225. The molecular formula is C11H24Cl4Si2. The van der Waals surface area contributed by atoms with Gasteiger partial charge in [-0.15, -0.1) is 44.3 Å². The van der Waals surface area contributed by atoms with Crippen molar-refractivity contribution in [3.05, 3.63) is 0 Å². The minimum atomic E-state index is -2.21. The largest absolute Gasteiger partial charge is 0.256 e. The fraction of sp³-hybridized carbons (Fsp3) is 1.00. The van der Waals surface area contributed by atoms with Gasteiger partial charge in [-0.2, -0.15) is 0 Å². The van der Waals surface area contributed by atoms with E-state index in [1.54, 1.807) is 0 Å². The zero-order valence-corrected chi connectivity index (χ0v) is 16.7. The molecule has 0 aromatic carbocycles. The van der Waals surface area contributed by atoms with E-state index >= 15 is 0 Å². The average Bonchev–Trinajstić information content (AvgIpc) is 1.98. The maximum atomic E-state index is 6.49. The molecule has 0 fully saturated rings. The third kappa shape index (κ3) is 5.62. The van der Waals surface area contributed by atoms with E-state index in [0.717, 1.165) is 18.5 Å². The van der Waals surface area contributed by atoms with Gasteiger partial charge in [0.1, 0.15) is 0 Å². The van der Waals surface area contributed by atoms with Crippen LogP contribution in [0.5, 0.6) is 0 Å². The number of rotatable bonds is 4. The molecule has 0 nitrogen and oxygen atoms in total. The van der Waals surface area contributed by atoms with Crippen molar-refractivity contribution in [2.75, 3.05) is 0 Å². The quantitative estimate of drug-likeness (QED) is 0.384. The van der Waals surface area contributed by atoms with Gasteiger partial charge in [0.15, 0.2) is 0 Å². The molecule has 0 saturated carbocycles. The Morgan fingerprint density at radius 3 is 1.06 bits per heavy atom. The first kappa shape index (κ1) is 18.6. The second kappa shape index (κ2) is 5.93. The van der Waals surface area contributed by atoms with Crippen LogP contribution >= 0.6 is 44.3 Å². The van der Waals surface area contributed by atoms with Crippen molar-refractivity contribution in [3.8, 4) is 0 Å². The first-order valence-electron chi connectivity index (χ1n) is 5.96. The van der Waals surface area contributed by atoms with E-state index in [1.165, 1.54) is 0 Å². The van der Waals surface area contributed by atoms with Gasteiger partial charge in [0, 0.05) is 0 Å². The predicted molar refractivity (Wildman–Crippen MR) is 88.6 cm³/mol. The average molecular weight is 354 g/mol. The van der Waals surface area contributed by atoms with Crippen LogP contribution in [-0.2, 0) is 0 Å². The van der Waals surface area contributed by atoms with Gasteiger partial charge >= 0.3 is 0 Å². The maximum absolute atomic E-state index is 6.49. The number of halogens is 4. The molecule has 0 saturated heterocycles. The van der Waals surface area contributed by atoms with Gasteiger partial charge in [-0.25, -0.2) is 0 Å². The Morgan fingerprint density at radius 1 is 0.647 bits per heavy atom. The smallest absolute Gasteiger partial charge is 0.145 e. The molecule has 0 aliphatic heterocycles. The zero-order valence-electron chi connectivity index (χ0n) is 11.6. The highest BCUT2D eigenvalue weighted by atomic mass is 35.7. The van der Waals surface area contributed by atoms with E-state index in [1.807, 2.05) is 0 Å². The minimum Gasteiger partial charge on any atom is -0.145 e. The third-order valence-electron chi connectivity index (χ3n) is 3.18. The van der Waals surface area contributed by atoms with Gasteiger partial charge in [-0.3, -0.25) is 0 Å². The first-order valence-corrected chi connectivity index (χ1v) is 14.4. The van der Waals surface area contributed by atoms with Gasteiger partial charge in [-0.1, -0.05) is 48.0 Å². The summed E-state index contributed by atoms with van der Waals surface area (Å²) in [4.78, 5) is 0. The fourth-order valence-electron chi connectivity index (χ4n) is 1.28. The Morgan fingerprint density at radius 2 is 0.882 bits per heavy atom. The van der Waals surface area contributed by atoms with Crippen LogP contribution in [-0.4, -0.2) is 13.4 Å². The van der Waals surface area contributed by atoms with E-state index in [9.17, 15) is 0 Å². The SMILES string of the molecule is CC(C)(C)[Si](Cl)(Cl)CCC[Si](Cl)(Cl)C(C)(C)C. The van der Waals surface area contributed by atoms with Gasteiger partial charge in [0.05, 0.1) is 0 Å². The summed E-state index contributed by atoms with van der Waals surface area (Å²) < 4.78 is 0. The Balaban J connectivity index is 4.36. The Labute approximate surface area is 127 Å². The van der Waals surface area contributed by atoms with Crippen molar-refractivity contribution in [2.45, 2.75) is 70.1 Å². The second-order valence-corrected chi connectivity index (χ2v) is 22.5. The van der Waals surface area contributed by atoms with Crippen LogP contribution in [0.3, 0.4) is 0 Å². The predicted octanol–water partition coefficient (Wildman–Crippen LogP) is 6.82. The summed E-state index contributed by atoms with van der Waals surface area (Å²) in [6.07, 6.45) is 0.937. The van der Waals surface area contributed by atoms with Crippen LogP contribution < -0.4 is 0 Å². The molecular weight excluding hydrogens is 330 g/mol. The molecule has 0 unspecified atom stereocenters. The van der Waals surface area contributed by atoms with Crippen molar-refractivity contribution in [3.63, 3.8) is 0 Å². The lowest BCUT2D eigenvalue weighted by Gasteiger charge is -2.34. The molecule has 0 aromatic heterocycles. The van der Waals surface area contributed by atoms with Crippen molar-refractivity contribution < 1.29 is 0 Å². The molecule has 0 aromatic rings. The molecule has 0 rings (SSSR count). The molecule has 0 spiro atoms. The molecule has 104 valence electrons. The molecule has 0 heterocycles. The topological polar surface area (TPSA) is 0 Å². The summed E-state index contributed by atoms with van der Waals surface area (Å²) in [5, 5.41) is 0.00136. The van der Waals surface area contributed by atoms with Crippen LogP contribution in [0.1, 0.15) is 48.0 Å². The standard InChI is InChI=1S/C11H24Cl4Si2/c1-10(2,3)16(12,13)8-7-9-17(14,15)11(4,5)6/h7-9H2,1-6H3. The lowest BCUT2D eigenvalue weighted by molar-refractivity contribution is 0.722. The van der Waals surface area contributed by atoms with E-state index < -0.39 is 13.4 Å². The Kier molecular flexibility index (Phi) is 6.48. The maximum Gasteiger partial charge on any atom is 0.256 e. The normalized spacial score (nSPS) is 15.2. The van der Waals surface area contributed by atoms with Crippen LogP contribution in [0, 0.1) is 0 Å². The molecule has 6 heteroatoms. The summed E-state index contributed by atoms with van der Waals surface area (Å²) >= 11 is 26.0. The van der Waals surface area contributed by atoms with E-state index in [4.69, 9.17) is 44.3 Å². The van der Waals surface area contributed by atoms with Crippen molar-refractivity contribution in [1.29, 1.82) is 0 Å². The molecule has 0 N–H and O–H groups in total. The summed E-state index contributed by atoms with van der Waals surface area (Å²) in [7, 11) is 0. The van der Waals surface area contributed by atoms with Gasteiger partial charge in [-0.05, 0) is 22.2 Å². The zero-order chi connectivity index (χ0) is 14.1. The van der Waals surface area contributed by atoms with E-state index in [0.29, 0.717) is 0 Å². The lowest BCUT2D eigenvalue weighted by Crippen LogP contribution is -2.34. The van der Waals surface area contributed by atoms with Gasteiger partial charge in [0.25, 0.3) is 13.4 Å². The highest BCUT2D eigenvalue weighted by molar-refractivity contribution is 7.47. The van der Waals surface area contributed by atoms with Crippen LogP contribution in [0.15, 0.2) is 0 Å². The molecule has 0 atom stereocenters. The van der Waals surface area contributed by atoms with E-state index in [-0.39, 0.29) is 10.1 Å². The molecule has 0 amide bonds. The molecule has 17 heavy (non-hydrogen) atoms. The van der Waals surface area contributed by atoms with Crippen molar-refractivity contribution in [1.82, 2.24) is 0 Å².